The fraction of sp³-hybridized carbons (Fsp3) is 0.500. The van der Waals surface area contributed by atoms with E-state index in [4.69, 9.17) is 9.47 Å². The van der Waals surface area contributed by atoms with Gasteiger partial charge < -0.3 is 9.47 Å². The van der Waals surface area contributed by atoms with Gasteiger partial charge in [0.1, 0.15) is 17.5 Å². The van der Waals surface area contributed by atoms with Crippen LogP contribution in [0.5, 0.6) is 5.75 Å². The minimum Gasteiger partial charge on any atom is -0.485 e. The van der Waals surface area contributed by atoms with Gasteiger partial charge in [0.15, 0.2) is 0 Å². The van der Waals surface area contributed by atoms with E-state index in [1.165, 1.54) is 0 Å². The van der Waals surface area contributed by atoms with E-state index in [1.807, 2.05) is 38.1 Å². The van der Waals surface area contributed by atoms with Gasteiger partial charge >= 0.3 is 0 Å². The summed E-state index contributed by atoms with van der Waals surface area (Å²) in [6, 6.07) is 7.35. The molecule has 16 heavy (non-hydrogen) atoms. The van der Waals surface area contributed by atoms with E-state index in [9.17, 15) is 4.21 Å². The Morgan fingerprint density at radius 3 is 2.38 bits per heavy atom. The first kappa shape index (κ1) is 11.6. The zero-order valence-corrected chi connectivity index (χ0v) is 10.5. The first-order chi connectivity index (χ1) is 7.49. The molecule has 1 aromatic carbocycles. The molecule has 0 amide bonds. The Kier molecular flexibility index (Phi) is 3.04. The molecule has 1 heterocycles. The Bertz CT molecular complexity index is 393. The number of hydrogen-bond donors (Lipinski definition) is 0. The van der Waals surface area contributed by atoms with Crippen molar-refractivity contribution < 1.29 is 13.7 Å². The van der Waals surface area contributed by atoms with Gasteiger partial charge in [-0.25, -0.2) is 0 Å². The second-order valence-corrected chi connectivity index (χ2v) is 5.83. The summed E-state index contributed by atoms with van der Waals surface area (Å²) in [6.07, 6.45) is 1.85. The van der Waals surface area contributed by atoms with Crippen molar-refractivity contribution in [2.24, 2.45) is 0 Å². The van der Waals surface area contributed by atoms with Crippen molar-refractivity contribution >= 4 is 10.8 Å². The summed E-state index contributed by atoms with van der Waals surface area (Å²) >= 11 is 0. The maximum atomic E-state index is 11.2. The largest absolute Gasteiger partial charge is 0.485 e. The first-order valence-corrected chi connectivity index (χ1v) is 6.79. The Morgan fingerprint density at radius 2 is 1.94 bits per heavy atom. The summed E-state index contributed by atoms with van der Waals surface area (Å²) in [4.78, 5) is 0.813. The van der Waals surface area contributed by atoms with Gasteiger partial charge in [-0.1, -0.05) is 0 Å². The third-order valence-electron chi connectivity index (χ3n) is 2.65. The lowest BCUT2D eigenvalue weighted by molar-refractivity contribution is 0.0744. The van der Waals surface area contributed by atoms with Gasteiger partial charge in [0.2, 0.25) is 0 Å². The van der Waals surface area contributed by atoms with Crippen LogP contribution in [0.2, 0.25) is 0 Å². The fourth-order valence-electron chi connectivity index (χ4n) is 1.52. The van der Waals surface area contributed by atoms with Crippen molar-refractivity contribution in [3.8, 4) is 5.75 Å². The molecule has 0 spiro atoms. The fourth-order valence-corrected chi connectivity index (χ4v) is 2.04. The van der Waals surface area contributed by atoms with E-state index >= 15 is 0 Å². The molecule has 0 radical (unpaired) electrons. The number of epoxide rings is 1. The Labute approximate surface area is 98.2 Å². The molecule has 0 aromatic heterocycles. The van der Waals surface area contributed by atoms with E-state index in [2.05, 4.69) is 0 Å². The molecule has 2 unspecified atom stereocenters. The van der Waals surface area contributed by atoms with Crippen molar-refractivity contribution in [3.05, 3.63) is 24.3 Å². The lowest BCUT2D eigenvalue weighted by atomic mass is 10.1. The summed E-state index contributed by atoms with van der Waals surface area (Å²) in [6.45, 7) is 4.79. The molecule has 0 N–H and O–H groups in total. The lowest BCUT2D eigenvalue weighted by Gasteiger charge is -2.24. The molecule has 1 aliphatic heterocycles. The zero-order chi connectivity index (χ0) is 11.8. The summed E-state index contributed by atoms with van der Waals surface area (Å²) in [5, 5.41) is 0. The second-order valence-electron chi connectivity index (χ2n) is 4.45. The number of ether oxygens (including phenoxy) is 2. The van der Waals surface area contributed by atoms with Crippen molar-refractivity contribution in [3.63, 3.8) is 0 Å². The van der Waals surface area contributed by atoms with Crippen molar-refractivity contribution in [2.45, 2.75) is 30.4 Å². The molecular formula is C12H16O3S. The highest BCUT2D eigenvalue weighted by Crippen LogP contribution is 2.29. The highest BCUT2D eigenvalue weighted by Gasteiger charge is 2.41. The predicted octanol–water partition coefficient (Wildman–Crippen LogP) is 1.98. The number of hydrogen-bond acceptors (Lipinski definition) is 3. The number of rotatable bonds is 4. The van der Waals surface area contributed by atoms with E-state index in [0.717, 1.165) is 17.3 Å². The molecule has 0 saturated carbocycles. The average Bonchev–Trinajstić information content (AvgIpc) is 3.01. The Balaban J connectivity index is 2.07. The van der Waals surface area contributed by atoms with Gasteiger partial charge in [0.25, 0.3) is 0 Å². The van der Waals surface area contributed by atoms with Crippen LogP contribution in [0.3, 0.4) is 0 Å². The van der Waals surface area contributed by atoms with Gasteiger partial charge in [-0.15, -0.1) is 0 Å². The number of benzene rings is 1. The van der Waals surface area contributed by atoms with E-state index in [1.54, 1.807) is 6.26 Å². The standard InChI is InChI=1S/C12H16O3S/c1-12(2,11-8-14-11)15-9-4-6-10(7-5-9)16(3)13/h4-7,11H,8H2,1-3H3. The lowest BCUT2D eigenvalue weighted by Crippen LogP contribution is -2.34. The zero-order valence-electron chi connectivity index (χ0n) is 9.73. The molecular weight excluding hydrogens is 224 g/mol. The predicted molar refractivity (Wildman–Crippen MR) is 63.2 cm³/mol. The summed E-state index contributed by atoms with van der Waals surface area (Å²) < 4.78 is 22.3. The first-order valence-electron chi connectivity index (χ1n) is 5.23. The molecule has 88 valence electrons. The van der Waals surface area contributed by atoms with Gasteiger partial charge in [-0.3, -0.25) is 4.21 Å². The van der Waals surface area contributed by atoms with Crippen molar-refractivity contribution in [1.29, 1.82) is 0 Å². The molecule has 1 aromatic rings. The molecule has 2 atom stereocenters. The normalized spacial score (nSPS) is 21.6. The Morgan fingerprint density at radius 1 is 1.38 bits per heavy atom. The molecule has 0 bridgehead atoms. The monoisotopic (exact) mass is 240 g/mol. The van der Waals surface area contributed by atoms with Crippen LogP contribution in [0.1, 0.15) is 13.8 Å². The molecule has 2 rings (SSSR count). The van der Waals surface area contributed by atoms with Crippen LogP contribution in [-0.2, 0) is 15.5 Å². The summed E-state index contributed by atoms with van der Waals surface area (Å²) in [5.41, 5.74) is -0.299. The van der Waals surface area contributed by atoms with Crippen LogP contribution in [0, 0.1) is 0 Å². The molecule has 3 nitrogen and oxygen atoms in total. The third-order valence-corrected chi connectivity index (χ3v) is 3.58. The second kappa shape index (κ2) is 4.18. The van der Waals surface area contributed by atoms with Gasteiger partial charge in [-0.2, -0.15) is 0 Å². The van der Waals surface area contributed by atoms with Crippen LogP contribution in [0.15, 0.2) is 29.2 Å². The van der Waals surface area contributed by atoms with Crippen LogP contribution in [-0.4, -0.2) is 28.8 Å². The van der Waals surface area contributed by atoms with E-state index in [0.29, 0.717) is 0 Å². The van der Waals surface area contributed by atoms with Gasteiger partial charge in [-0.05, 0) is 38.1 Å². The molecule has 1 aliphatic rings. The van der Waals surface area contributed by atoms with Crippen molar-refractivity contribution in [1.82, 2.24) is 0 Å². The molecule has 1 saturated heterocycles. The smallest absolute Gasteiger partial charge is 0.132 e. The maximum absolute atomic E-state index is 11.2. The van der Waals surface area contributed by atoms with E-state index in [-0.39, 0.29) is 11.7 Å². The maximum Gasteiger partial charge on any atom is 0.132 e. The highest BCUT2D eigenvalue weighted by molar-refractivity contribution is 7.84. The molecule has 4 heteroatoms. The highest BCUT2D eigenvalue weighted by atomic mass is 32.2. The molecule has 0 aliphatic carbocycles. The summed E-state index contributed by atoms with van der Waals surface area (Å²) in [5.74, 6) is 0.787. The van der Waals surface area contributed by atoms with Crippen LogP contribution < -0.4 is 4.74 Å². The van der Waals surface area contributed by atoms with Gasteiger partial charge in [0, 0.05) is 22.0 Å². The van der Waals surface area contributed by atoms with Crippen LogP contribution in [0.25, 0.3) is 0 Å². The minimum atomic E-state index is -0.937. The SMILES string of the molecule is CS(=O)c1ccc(OC(C)(C)C2CO2)cc1. The van der Waals surface area contributed by atoms with Crippen LogP contribution in [0.4, 0.5) is 0 Å². The van der Waals surface area contributed by atoms with E-state index < -0.39 is 10.8 Å². The minimum absolute atomic E-state index is 0.187. The van der Waals surface area contributed by atoms with Gasteiger partial charge in [0.05, 0.1) is 6.61 Å². The topological polar surface area (TPSA) is 38.8 Å². The van der Waals surface area contributed by atoms with Crippen LogP contribution >= 0.6 is 0 Å². The summed E-state index contributed by atoms with van der Waals surface area (Å²) in [7, 11) is -0.937. The van der Waals surface area contributed by atoms with Crippen molar-refractivity contribution in [2.75, 3.05) is 12.9 Å². The molecule has 1 fully saturated rings. The third kappa shape index (κ3) is 2.62. The average molecular weight is 240 g/mol. The Hall–Kier alpha value is -0.870. The quantitative estimate of drug-likeness (QED) is 0.755.